The van der Waals surface area contributed by atoms with E-state index in [1.54, 1.807) is 18.2 Å². The average molecular weight is 268 g/mol. The van der Waals surface area contributed by atoms with Crippen LogP contribution in [0.25, 0.3) is 32.8 Å². The third kappa shape index (κ3) is 1.38. The van der Waals surface area contributed by atoms with Crippen molar-refractivity contribution in [2.45, 2.75) is 0 Å². The highest BCUT2D eigenvalue weighted by molar-refractivity contribution is 6.08. The fraction of sp³-hybridized carbons (Fsp3) is 0. The van der Waals surface area contributed by atoms with Crippen molar-refractivity contribution >= 4 is 32.8 Å². The molecule has 6 heteroatoms. The lowest BCUT2D eigenvalue weighted by molar-refractivity contribution is 0.473. The molecule has 4 rings (SSSR count). The van der Waals surface area contributed by atoms with Crippen LogP contribution in [0.1, 0.15) is 0 Å². The topological polar surface area (TPSA) is 99.1 Å². The second-order valence-corrected chi connectivity index (χ2v) is 4.59. The van der Waals surface area contributed by atoms with E-state index < -0.39 is 5.63 Å². The first-order chi connectivity index (χ1) is 9.61. The van der Waals surface area contributed by atoms with E-state index in [1.807, 2.05) is 0 Å². The molecule has 0 saturated heterocycles. The number of phenols is 1. The zero-order valence-corrected chi connectivity index (χ0v) is 10.1. The zero-order valence-electron chi connectivity index (χ0n) is 10.1. The van der Waals surface area contributed by atoms with E-state index in [0.29, 0.717) is 32.8 Å². The van der Waals surface area contributed by atoms with E-state index >= 15 is 0 Å². The van der Waals surface area contributed by atoms with Gasteiger partial charge in [0.2, 0.25) is 0 Å². The molecule has 0 bridgehead atoms. The molecule has 0 aliphatic rings. The van der Waals surface area contributed by atoms with Gasteiger partial charge >= 0.3 is 11.3 Å². The first kappa shape index (κ1) is 10.9. The van der Waals surface area contributed by atoms with Crippen molar-refractivity contribution in [3.8, 4) is 5.75 Å². The molecule has 0 aliphatic heterocycles. The molecule has 20 heavy (non-hydrogen) atoms. The highest BCUT2D eigenvalue weighted by Gasteiger charge is 2.10. The number of phenolic OH excluding ortho intramolecular Hbond substituents is 1. The molecule has 2 aromatic carbocycles. The molecule has 0 atom stereocenters. The summed E-state index contributed by atoms with van der Waals surface area (Å²) >= 11 is 0. The van der Waals surface area contributed by atoms with Gasteiger partial charge in [0.1, 0.15) is 11.3 Å². The molecule has 98 valence electrons. The number of benzene rings is 2. The Morgan fingerprint density at radius 3 is 2.35 bits per heavy atom. The first-order valence-electron chi connectivity index (χ1n) is 5.93. The second kappa shape index (κ2) is 3.51. The van der Waals surface area contributed by atoms with Crippen molar-refractivity contribution in [2.75, 3.05) is 0 Å². The van der Waals surface area contributed by atoms with Gasteiger partial charge in [0.25, 0.3) is 0 Å². The van der Waals surface area contributed by atoms with Crippen LogP contribution in [0.2, 0.25) is 0 Å². The van der Waals surface area contributed by atoms with Gasteiger partial charge in [0.05, 0.1) is 16.4 Å². The number of aromatic nitrogens is 2. The normalized spacial score (nSPS) is 11.6. The van der Waals surface area contributed by atoms with E-state index in [-0.39, 0.29) is 11.4 Å². The Morgan fingerprint density at radius 2 is 1.60 bits per heavy atom. The van der Waals surface area contributed by atoms with Gasteiger partial charge in [-0.3, -0.25) is 0 Å². The Hall–Kier alpha value is -3.02. The first-order valence-corrected chi connectivity index (χ1v) is 5.93. The Kier molecular flexibility index (Phi) is 1.90. The maximum absolute atomic E-state index is 12.0. The van der Waals surface area contributed by atoms with Crippen LogP contribution in [0.5, 0.6) is 5.75 Å². The number of H-pyrrole nitrogens is 2. The standard InChI is InChI=1S/C14H8N2O4/c17-6-1-2-7-8-4-10-11(16-14(19)15-10)5-9(8)13(18)20-12(7)3-6/h1-5,17H,(H2,15,16,19). The van der Waals surface area contributed by atoms with Crippen molar-refractivity contribution in [3.63, 3.8) is 0 Å². The van der Waals surface area contributed by atoms with Crippen LogP contribution in [0.3, 0.4) is 0 Å². The van der Waals surface area contributed by atoms with Crippen LogP contribution in [0, 0.1) is 0 Å². The lowest BCUT2D eigenvalue weighted by Gasteiger charge is -2.03. The molecule has 0 amide bonds. The van der Waals surface area contributed by atoms with E-state index in [4.69, 9.17) is 4.42 Å². The largest absolute Gasteiger partial charge is 0.508 e. The summed E-state index contributed by atoms with van der Waals surface area (Å²) in [6.07, 6.45) is 0. The van der Waals surface area contributed by atoms with Crippen LogP contribution in [-0.4, -0.2) is 15.1 Å². The highest BCUT2D eigenvalue weighted by Crippen LogP contribution is 2.27. The van der Waals surface area contributed by atoms with Gasteiger partial charge in [-0.15, -0.1) is 0 Å². The van der Waals surface area contributed by atoms with Crippen molar-refractivity contribution in [1.82, 2.24) is 9.97 Å². The van der Waals surface area contributed by atoms with Crippen molar-refractivity contribution < 1.29 is 9.52 Å². The minimum Gasteiger partial charge on any atom is -0.508 e. The lowest BCUT2D eigenvalue weighted by Crippen LogP contribution is -1.99. The van der Waals surface area contributed by atoms with Crippen LogP contribution in [0.4, 0.5) is 0 Å². The molecule has 2 heterocycles. The third-order valence-electron chi connectivity index (χ3n) is 3.33. The zero-order chi connectivity index (χ0) is 13.9. The lowest BCUT2D eigenvalue weighted by atomic mass is 10.1. The van der Waals surface area contributed by atoms with Gasteiger partial charge in [0, 0.05) is 16.8 Å². The van der Waals surface area contributed by atoms with Crippen LogP contribution in [-0.2, 0) is 0 Å². The van der Waals surface area contributed by atoms with Crippen LogP contribution < -0.4 is 11.3 Å². The molecule has 3 N–H and O–H groups in total. The number of rotatable bonds is 0. The summed E-state index contributed by atoms with van der Waals surface area (Å²) in [7, 11) is 0. The van der Waals surface area contributed by atoms with Crippen LogP contribution in [0.15, 0.2) is 44.3 Å². The van der Waals surface area contributed by atoms with E-state index in [2.05, 4.69) is 9.97 Å². The Bertz CT molecular complexity index is 1100. The number of hydrogen-bond acceptors (Lipinski definition) is 4. The minimum absolute atomic E-state index is 0.0242. The third-order valence-corrected chi connectivity index (χ3v) is 3.33. The summed E-state index contributed by atoms with van der Waals surface area (Å²) in [4.78, 5) is 28.6. The van der Waals surface area contributed by atoms with Gasteiger partial charge < -0.3 is 19.5 Å². The highest BCUT2D eigenvalue weighted by atomic mass is 16.4. The molecule has 6 nitrogen and oxygen atoms in total. The molecule has 0 radical (unpaired) electrons. The molecule has 4 aromatic rings. The fourth-order valence-electron chi connectivity index (χ4n) is 2.45. The minimum atomic E-state index is -0.512. The SMILES string of the molecule is O=c1[nH]c2cc3c(=O)oc4cc(O)ccc4c3cc2[nH]1. The van der Waals surface area contributed by atoms with Crippen molar-refractivity contribution in [1.29, 1.82) is 0 Å². The smallest absolute Gasteiger partial charge is 0.344 e. The molecular weight excluding hydrogens is 260 g/mol. The van der Waals surface area contributed by atoms with Gasteiger partial charge in [-0.2, -0.15) is 0 Å². The monoisotopic (exact) mass is 268 g/mol. The Balaban J connectivity index is 2.32. The van der Waals surface area contributed by atoms with Gasteiger partial charge in [-0.05, 0) is 24.3 Å². The summed E-state index contributed by atoms with van der Waals surface area (Å²) in [6.45, 7) is 0. The van der Waals surface area contributed by atoms with Gasteiger partial charge in [0.15, 0.2) is 0 Å². The molecule has 0 fully saturated rings. The number of imidazole rings is 1. The molecule has 2 aromatic heterocycles. The summed E-state index contributed by atoms with van der Waals surface area (Å²) < 4.78 is 5.19. The molecule has 0 aliphatic carbocycles. The van der Waals surface area contributed by atoms with Crippen molar-refractivity contribution in [3.05, 3.63) is 51.2 Å². The maximum atomic E-state index is 12.0. The quantitative estimate of drug-likeness (QED) is 0.334. The van der Waals surface area contributed by atoms with Crippen molar-refractivity contribution in [2.24, 2.45) is 0 Å². The number of nitrogens with one attached hydrogen (secondary N) is 2. The number of aromatic amines is 2. The Morgan fingerprint density at radius 1 is 0.900 bits per heavy atom. The van der Waals surface area contributed by atoms with Gasteiger partial charge in [-0.1, -0.05) is 0 Å². The fourth-order valence-corrected chi connectivity index (χ4v) is 2.45. The Labute approximate surface area is 110 Å². The van der Waals surface area contributed by atoms with Crippen LogP contribution >= 0.6 is 0 Å². The molecule has 0 saturated carbocycles. The summed E-state index contributed by atoms with van der Waals surface area (Å²) in [5, 5.41) is 11.2. The maximum Gasteiger partial charge on any atom is 0.344 e. The van der Waals surface area contributed by atoms with E-state index in [1.165, 1.54) is 12.1 Å². The predicted molar refractivity (Wildman–Crippen MR) is 74.1 cm³/mol. The second-order valence-electron chi connectivity index (χ2n) is 4.59. The number of fused-ring (bicyclic) bond motifs is 4. The number of aromatic hydroxyl groups is 1. The van der Waals surface area contributed by atoms with E-state index in [0.717, 1.165) is 0 Å². The summed E-state index contributed by atoms with van der Waals surface area (Å²) in [5.41, 5.74) is 0.624. The predicted octanol–water partition coefficient (Wildman–Crippen LogP) is 1.82. The van der Waals surface area contributed by atoms with Gasteiger partial charge in [-0.25, -0.2) is 9.59 Å². The molecular formula is C14H8N2O4. The molecule has 0 spiro atoms. The molecule has 0 unspecified atom stereocenters. The average Bonchev–Trinajstić information content (AvgIpc) is 2.76. The summed E-state index contributed by atoms with van der Waals surface area (Å²) in [6, 6.07) is 7.89. The summed E-state index contributed by atoms with van der Waals surface area (Å²) in [5.74, 6) is 0.0242. The number of hydrogen-bond donors (Lipinski definition) is 3. The van der Waals surface area contributed by atoms with E-state index in [9.17, 15) is 14.7 Å².